The number of hydrogen-bond acceptors (Lipinski definition) is 0. The molecule has 3 aromatic rings. The van der Waals surface area contributed by atoms with Gasteiger partial charge in [-0.2, -0.15) is 0 Å². The smallest absolute Gasteiger partial charge is 0.0484 e. The molecule has 0 saturated carbocycles. The fourth-order valence-electron chi connectivity index (χ4n) is 2.19. The van der Waals surface area contributed by atoms with Crippen LogP contribution in [0.4, 0.5) is 0 Å². The molecule has 0 aliphatic rings. The fourth-order valence-corrected chi connectivity index (χ4v) is 2.54. The molecule has 2 heteroatoms. The lowest BCUT2D eigenvalue weighted by atomic mass is 9.99. The van der Waals surface area contributed by atoms with Crippen molar-refractivity contribution in [2.24, 2.45) is 0 Å². The molecular weight excluding hydrogens is 287 g/mol. The maximum Gasteiger partial charge on any atom is 0.0484 e. The minimum Gasteiger partial charge on any atom is -0.0843 e. The van der Waals surface area contributed by atoms with Crippen LogP contribution in [0.15, 0.2) is 72.8 Å². The van der Waals surface area contributed by atoms with Gasteiger partial charge in [-0.15, -0.1) is 0 Å². The van der Waals surface area contributed by atoms with Gasteiger partial charge in [0.05, 0.1) is 0 Å². The van der Waals surface area contributed by atoms with E-state index in [0.29, 0.717) is 0 Å². The summed E-state index contributed by atoms with van der Waals surface area (Å²) in [6.07, 6.45) is 0. The van der Waals surface area contributed by atoms with Gasteiger partial charge < -0.3 is 0 Å². The van der Waals surface area contributed by atoms with E-state index in [1.54, 1.807) is 0 Å². The lowest BCUT2D eigenvalue weighted by molar-refractivity contribution is 1.59. The standard InChI is InChI=1S/C18H12Cl2/c19-16-9-6-13(7-10-16)15-8-11-18(20)17(12-15)14-4-2-1-3-5-14/h1-12H. The minimum atomic E-state index is 0.742. The highest BCUT2D eigenvalue weighted by molar-refractivity contribution is 6.33. The van der Waals surface area contributed by atoms with Crippen LogP contribution in [0.1, 0.15) is 0 Å². The van der Waals surface area contributed by atoms with Crippen LogP contribution in [0.3, 0.4) is 0 Å². The molecule has 3 aromatic carbocycles. The van der Waals surface area contributed by atoms with Crippen LogP contribution in [-0.4, -0.2) is 0 Å². The fraction of sp³-hybridized carbons (Fsp3) is 0. The molecule has 0 aromatic heterocycles. The molecule has 0 radical (unpaired) electrons. The highest BCUT2D eigenvalue weighted by Gasteiger charge is 2.06. The van der Waals surface area contributed by atoms with Gasteiger partial charge in [0.15, 0.2) is 0 Å². The van der Waals surface area contributed by atoms with Crippen LogP contribution >= 0.6 is 23.2 Å². The topological polar surface area (TPSA) is 0 Å². The SMILES string of the molecule is Clc1ccc(-c2ccc(Cl)c(-c3ccccc3)c2)cc1. The quantitative estimate of drug-likeness (QED) is 0.519. The van der Waals surface area contributed by atoms with Crippen molar-refractivity contribution in [2.75, 3.05) is 0 Å². The zero-order valence-corrected chi connectivity index (χ0v) is 12.2. The van der Waals surface area contributed by atoms with Crippen LogP contribution in [0, 0.1) is 0 Å². The van der Waals surface area contributed by atoms with E-state index < -0.39 is 0 Å². The second kappa shape index (κ2) is 5.70. The first-order valence-electron chi connectivity index (χ1n) is 6.35. The van der Waals surface area contributed by atoms with Crippen LogP contribution in [0.2, 0.25) is 10.0 Å². The molecule has 3 rings (SSSR count). The zero-order chi connectivity index (χ0) is 13.9. The molecule has 0 nitrogen and oxygen atoms in total. The summed E-state index contributed by atoms with van der Waals surface area (Å²) in [5.74, 6) is 0. The molecule has 0 atom stereocenters. The molecule has 0 aliphatic carbocycles. The first kappa shape index (κ1) is 13.2. The Hall–Kier alpha value is -1.76. The van der Waals surface area contributed by atoms with Crippen molar-refractivity contribution in [1.82, 2.24) is 0 Å². The Kier molecular flexibility index (Phi) is 3.77. The molecule has 0 N–H and O–H groups in total. The largest absolute Gasteiger partial charge is 0.0843 e. The molecule has 0 unspecified atom stereocenters. The van der Waals surface area contributed by atoms with E-state index in [1.165, 1.54) is 0 Å². The first-order valence-corrected chi connectivity index (χ1v) is 7.10. The van der Waals surface area contributed by atoms with Gasteiger partial charge in [0.2, 0.25) is 0 Å². The highest BCUT2D eigenvalue weighted by Crippen LogP contribution is 2.32. The molecule has 0 amide bonds. The van der Waals surface area contributed by atoms with Gasteiger partial charge in [-0.1, -0.05) is 71.7 Å². The molecule has 0 bridgehead atoms. The van der Waals surface area contributed by atoms with Gasteiger partial charge in [-0.25, -0.2) is 0 Å². The van der Waals surface area contributed by atoms with E-state index >= 15 is 0 Å². The van der Waals surface area contributed by atoms with E-state index in [9.17, 15) is 0 Å². The van der Waals surface area contributed by atoms with Crippen molar-refractivity contribution in [2.45, 2.75) is 0 Å². The summed E-state index contributed by atoms with van der Waals surface area (Å²) in [6, 6.07) is 24.1. The summed E-state index contributed by atoms with van der Waals surface area (Å²) < 4.78 is 0. The molecule has 0 heterocycles. The van der Waals surface area contributed by atoms with Crippen molar-refractivity contribution in [3.63, 3.8) is 0 Å². The second-order valence-electron chi connectivity index (χ2n) is 4.57. The summed E-state index contributed by atoms with van der Waals surface area (Å²) in [7, 11) is 0. The predicted molar refractivity (Wildman–Crippen MR) is 87.3 cm³/mol. The Bertz CT molecular complexity index is 716. The maximum atomic E-state index is 6.32. The third kappa shape index (κ3) is 2.72. The molecule has 0 fully saturated rings. The van der Waals surface area contributed by atoms with Gasteiger partial charge in [0.1, 0.15) is 0 Å². The molecule has 0 aliphatic heterocycles. The minimum absolute atomic E-state index is 0.742. The van der Waals surface area contributed by atoms with Crippen molar-refractivity contribution in [3.8, 4) is 22.3 Å². The summed E-state index contributed by atoms with van der Waals surface area (Å²) in [4.78, 5) is 0. The van der Waals surface area contributed by atoms with Crippen LogP contribution < -0.4 is 0 Å². The summed E-state index contributed by atoms with van der Waals surface area (Å²) >= 11 is 12.3. The predicted octanol–water partition coefficient (Wildman–Crippen LogP) is 6.33. The average Bonchev–Trinajstić information content (AvgIpc) is 2.50. The van der Waals surface area contributed by atoms with Crippen LogP contribution in [-0.2, 0) is 0 Å². The summed E-state index contributed by atoms with van der Waals surface area (Å²) in [5.41, 5.74) is 4.42. The van der Waals surface area contributed by atoms with Crippen molar-refractivity contribution in [1.29, 1.82) is 0 Å². The first-order chi connectivity index (χ1) is 9.74. The van der Waals surface area contributed by atoms with Crippen LogP contribution in [0.25, 0.3) is 22.3 Å². The Morgan fingerprint density at radius 1 is 0.550 bits per heavy atom. The lowest BCUT2D eigenvalue weighted by Crippen LogP contribution is -1.83. The van der Waals surface area contributed by atoms with E-state index in [1.807, 2.05) is 54.6 Å². The third-order valence-electron chi connectivity index (χ3n) is 3.23. The Balaban J connectivity index is 2.09. The van der Waals surface area contributed by atoms with Crippen LogP contribution in [0.5, 0.6) is 0 Å². The van der Waals surface area contributed by atoms with Crippen molar-refractivity contribution < 1.29 is 0 Å². The molecule has 98 valence electrons. The highest BCUT2D eigenvalue weighted by atomic mass is 35.5. The number of halogens is 2. The van der Waals surface area contributed by atoms with E-state index in [4.69, 9.17) is 23.2 Å². The van der Waals surface area contributed by atoms with E-state index in [2.05, 4.69) is 18.2 Å². The average molecular weight is 299 g/mol. The van der Waals surface area contributed by atoms with Gasteiger partial charge in [0.25, 0.3) is 0 Å². The zero-order valence-electron chi connectivity index (χ0n) is 10.7. The number of hydrogen-bond donors (Lipinski definition) is 0. The normalized spacial score (nSPS) is 10.5. The van der Waals surface area contributed by atoms with Crippen molar-refractivity contribution in [3.05, 3.63) is 82.8 Å². The summed E-state index contributed by atoms with van der Waals surface area (Å²) in [5, 5.41) is 1.50. The second-order valence-corrected chi connectivity index (χ2v) is 5.41. The van der Waals surface area contributed by atoms with Crippen molar-refractivity contribution >= 4 is 23.2 Å². The van der Waals surface area contributed by atoms with E-state index in [0.717, 1.165) is 32.3 Å². The molecular formula is C18H12Cl2. The van der Waals surface area contributed by atoms with Gasteiger partial charge >= 0.3 is 0 Å². The number of benzene rings is 3. The molecule has 20 heavy (non-hydrogen) atoms. The number of rotatable bonds is 2. The van der Waals surface area contributed by atoms with E-state index in [-0.39, 0.29) is 0 Å². The maximum absolute atomic E-state index is 6.32. The Morgan fingerprint density at radius 2 is 1.20 bits per heavy atom. The Labute approximate surface area is 128 Å². The van der Waals surface area contributed by atoms with Gasteiger partial charge in [-0.3, -0.25) is 0 Å². The van der Waals surface area contributed by atoms with Gasteiger partial charge in [0, 0.05) is 15.6 Å². The lowest BCUT2D eigenvalue weighted by Gasteiger charge is -2.08. The van der Waals surface area contributed by atoms with Gasteiger partial charge in [-0.05, 0) is 41.0 Å². The Morgan fingerprint density at radius 3 is 1.90 bits per heavy atom. The third-order valence-corrected chi connectivity index (χ3v) is 3.81. The monoisotopic (exact) mass is 298 g/mol. The summed E-state index contributed by atoms with van der Waals surface area (Å²) in [6.45, 7) is 0. The molecule has 0 spiro atoms. The molecule has 0 saturated heterocycles.